The molecule has 2 fully saturated rings. The number of hydrogen-bond donors (Lipinski definition) is 0. The highest BCUT2D eigenvalue weighted by Crippen LogP contribution is 2.27. The van der Waals surface area contributed by atoms with Crippen LogP contribution in [0.25, 0.3) is 0 Å². The average Bonchev–Trinajstić information content (AvgIpc) is 3.49. The molecule has 1 atom stereocenters. The van der Waals surface area contributed by atoms with Crippen molar-refractivity contribution in [3.05, 3.63) is 47.7 Å². The molecule has 8 heteroatoms. The summed E-state index contributed by atoms with van der Waals surface area (Å²) in [4.78, 5) is 17.4. The molecule has 0 bridgehead atoms. The van der Waals surface area contributed by atoms with E-state index in [1.165, 1.54) is 19.3 Å². The van der Waals surface area contributed by atoms with Crippen LogP contribution in [-0.2, 0) is 16.4 Å². The predicted octanol–water partition coefficient (Wildman–Crippen LogP) is 5.06. The molecule has 1 unspecified atom stereocenters. The minimum absolute atomic E-state index is 0.00259. The van der Waals surface area contributed by atoms with Gasteiger partial charge in [0, 0.05) is 30.8 Å². The first kappa shape index (κ1) is 25.6. The quantitative estimate of drug-likeness (QED) is 0.400. The van der Waals surface area contributed by atoms with Crippen molar-refractivity contribution < 1.29 is 22.4 Å². The molecule has 2 aliphatic heterocycles. The standard InChI is InChI=1S/C27H38N2O5S/c1-2-3-4-8-18-33-24-11-9-22(10-12-24)27(30)29(23-15-19-35(31,32)21-23)20-25-13-14-26(34-25)28-16-6-5-7-17-28/h9-14,23H,2-8,15-21H2,1H3. The van der Waals surface area contributed by atoms with E-state index in [4.69, 9.17) is 9.15 Å². The molecule has 0 spiro atoms. The lowest BCUT2D eigenvalue weighted by Gasteiger charge is -2.28. The lowest BCUT2D eigenvalue weighted by molar-refractivity contribution is 0.0666. The van der Waals surface area contributed by atoms with Gasteiger partial charge in [0.15, 0.2) is 15.7 Å². The molecule has 1 aromatic heterocycles. The molecule has 2 aromatic rings. The molecule has 192 valence electrons. The van der Waals surface area contributed by atoms with Gasteiger partial charge in [0.25, 0.3) is 5.91 Å². The SMILES string of the molecule is CCCCCCOc1ccc(C(=O)N(Cc2ccc(N3CCCCC3)o2)C2CCS(=O)(=O)C2)cc1. The third-order valence-corrected chi connectivity index (χ3v) is 8.67. The fraction of sp³-hybridized carbons (Fsp3) is 0.593. The predicted molar refractivity (Wildman–Crippen MR) is 138 cm³/mol. The zero-order valence-corrected chi connectivity index (χ0v) is 21.6. The molecule has 35 heavy (non-hydrogen) atoms. The van der Waals surface area contributed by atoms with E-state index >= 15 is 0 Å². The first-order valence-corrected chi connectivity index (χ1v) is 14.9. The van der Waals surface area contributed by atoms with E-state index in [1.54, 1.807) is 17.0 Å². The molecular weight excluding hydrogens is 464 g/mol. The fourth-order valence-corrected chi connectivity index (χ4v) is 6.60. The first-order chi connectivity index (χ1) is 16.9. The zero-order valence-electron chi connectivity index (χ0n) is 20.8. The zero-order chi connectivity index (χ0) is 24.7. The normalized spacial score (nSPS) is 19.6. The Hall–Kier alpha value is -2.48. The van der Waals surface area contributed by atoms with Crippen LogP contribution in [0.15, 0.2) is 40.8 Å². The highest BCUT2D eigenvalue weighted by atomic mass is 32.2. The van der Waals surface area contributed by atoms with Gasteiger partial charge >= 0.3 is 0 Å². The first-order valence-electron chi connectivity index (χ1n) is 13.0. The molecule has 0 N–H and O–H groups in total. The van der Waals surface area contributed by atoms with Gasteiger partial charge in [0.05, 0.1) is 24.7 Å². The second kappa shape index (κ2) is 12.0. The summed E-state index contributed by atoms with van der Waals surface area (Å²) in [5.41, 5.74) is 0.524. The van der Waals surface area contributed by atoms with Gasteiger partial charge in [-0.3, -0.25) is 4.79 Å². The third-order valence-electron chi connectivity index (χ3n) is 6.92. The third kappa shape index (κ3) is 7.03. The Morgan fingerprint density at radius 2 is 1.83 bits per heavy atom. The molecule has 3 heterocycles. The summed E-state index contributed by atoms with van der Waals surface area (Å²) in [5, 5.41) is 0. The molecule has 2 aliphatic rings. The second-order valence-electron chi connectivity index (χ2n) is 9.71. The number of rotatable bonds is 11. The Balaban J connectivity index is 1.44. The number of carbonyl (C=O) groups excluding carboxylic acids is 1. The number of piperidine rings is 1. The van der Waals surface area contributed by atoms with Crippen molar-refractivity contribution in [1.29, 1.82) is 0 Å². The Labute approximate surface area is 209 Å². The number of hydrogen-bond acceptors (Lipinski definition) is 6. The molecule has 4 rings (SSSR count). The van der Waals surface area contributed by atoms with Gasteiger partial charge in [0.1, 0.15) is 11.5 Å². The van der Waals surface area contributed by atoms with Crippen LogP contribution in [0.5, 0.6) is 5.75 Å². The van der Waals surface area contributed by atoms with Crippen LogP contribution >= 0.6 is 0 Å². The van der Waals surface area contributed by atoms with Crippen LogP contribution in [0.2, 0.25) is 0 Å². The number of anilines is 1. The lowest BCUT2D eigenvalue weighted by atomic mass is 10.1. The number of unbranched alkanes of at least 4 members (excludes halogenated alkanes) is 3. The van der Waals surface area contributed by atoms with Crippen LogP contribution in [0.1, 0.15) is 74.4 Å². The smallest absolute Gasteiger partial charge is 0.254 e. The molecule has 2 saturated heterocycles. The van der Waals surface area contributed by atoms with Crippen molar-refractivity contribution >= 4 is 21.6 Å². The number of benzene rings is 1. The molecule has 1 aromatic carbocycles. The van der Waals surface area contributed by atoms with Crippen LogP contribution in [-0.4, -0.2) is 56.5 Å². The summed E-state index contributed by atoms with van der Waals surface area (Å²) in [6, 6.07) is 10.7. The summed E-state index contributed by atoms with van der Waals surface area (Å²) >= 11 is 0. The van der Waals surface area contributed by atoms with E-state index in [1.807, 2.05) is 24.3 Å². The van der Waals surface area contributed by atoms with E-state index in [9.17, 15) is 13.2 Å². The Morgan fingerprint density at radius 1 is 1.06 bits per heavy atom. The largest absolute Gasteiger partial charge is 0.494 e. The number of amides is 1. The van der Waals surface area contributed by atoms with Gasteiger partial charge in [-0.25, -0.2) is 8.42 Å². The Morgan fingerprint density at radius 3 is 2.51 bits per heavy atom. The van der Waals surface area contributed by atoms with Crippen LogP contribution in [0, 0.1) is 0 Å². The molecule has 7 nitrogen and oxygen atoms in total. The summed E-state index contributed by atoms with van der Waals surface area (Å²) in [5.74, 6) is 2.17. The molecule has 0 aliphatic carbocycles. The van der Waals surface area contributed by atoms with E-state index in [0.717, 1.165) is 50.4 Å². The van der Waals surface area contributed by atoms with Gasteiger partial charge in [-0.1, -0.05) is 26.2 Å². The Kier molecular flexibility index (Phi) is 8.76. The van der Waals surface area contributed by atoms with Crippen molar-refractivity contribution in [3.63, 3.8) is 0 Å². The van der Waals surface area contributed by atoms with Gasteiger partial charge in [-0.15, -0.1) is 0 Å². The van der Waals surface area contributed by atoms with E-state index < -0.39 is 9.84 Å². The number of furan rings is 1. The Bertz CT molecular complexity index is 1060. The minimum Gasteiger partial charge on any atom is -0.494 e. The van der Waals surface area contributed by atoms with Gasteiger partial charge in [-0.2, -0.15) is 0 Å². The minimum atomic E-state index is -3.14. The summed E-state index contributed by atoms with van der Waals surface area (Å²) in [7, 11) is -3.14. The van der Waals surface area contributed by atoms with Gasteiger partial charge in [-0.05, 0) is 62.4 Å². The van der Waals surface area contributed by atoms with Crippen LogP contribution < -0.4 is 9.64 Å². The summed E-state index contributed by atoms with van der Waals surface area (Å²) in [6.45, 7) is 5.05. The second-order valence-corrected chi connectivity index (χ2v) is 11.9. The monoisotopic (exact) mass is 502 g/mol. The lowest BCUT2D eigenvalue weighted by Crippen LogP contribution is -2.40. The van der Waals surface area contributed by atoms with Gasteiger partial charge in [0.2, 0.25) is 0 Å². The summed E-state index contributed by atoms with van der Waals surface area (Å²) in [6.07, 6.45) is 8.56. The van der Waals surface area contributed by atoms with Crippen molar-refractivity contribution in [3.8, 4) is 5.75 Å². The average molecular weight is 503 g/mol. The number of carbonyl (C=O) groups is 1. The number of ether oxygens (including phenoxy) is 1. The van der Waals surface area contributed by atoms with E-state index in [0.29, 0.717) is 24.4 Å². The van der Waals surface area contributed by atoms with Gasteiger partial charge < -0.3 is 19.0 Å². The summed E-state index contributed by atoms with van der Waals surface area (Å²) < 4.78 is 36.3. The maximum absolute atomic E-state index is 13.5. The van der Waals surface area contributed by atoms with E-state index in [-0.39, 0.29) is 30.0 Å². The molecule has 0 radical (unpaired) electrons. The number of sulfone groups is 1. The van der Waals surface area contributed by atoms with Crippen molar-refractivity contribution in [2.75, 3.05) is 36.1 Å². The molecular formula is C27H38N2O5S. The fourth-order valence-electron chi connectivity index (χ4n) is 4.87. The van der Waals surface area contributed by atoms with Crippen molar-refractivity contribution in [1.82, 2.24) is 4.90 Å². The molecule has 1 amide bonds. The van der Waals surface area contributed by atoms with Crippen molar-refractivity contribution in [2.24, 2.45) is 0 Å². The molecule has 0 saturated carbocycles. The van der Waals surface area contributed by atoms with Crippen LogP contribution in [0.4, 0.5) is 5.88 Å². The maximum atomic E-state index is 13.5. The highest BCUT2D eigenvalue weighted by Gasteiger charge is 2.35. The van der Waals surface area contributed by atoms with Crippen LogP contribution in [0.3, 0.4) is 0 Å². The van der Waals surface area contributed by atoms with Crippen molar-refractivity contribution in [2.45, 2.75) is 70.9 Å². The highest BCUT2D eigenvalue weighted by molar-refractivity contribution is 7.91. The van der Waals surface area contributed by atoms with E-state index in [2.05, 4.69) is 11.8 Å². The maximum Gasteiger partial charge on any atom is 0.254 e. The number of nitrogens with zero attached hydrogens (tertiary/aromatic N) is 2. The topological polar surface area (TPSA) is 80.1 Å².